The summed E-state index contributed by atoms with van der Waals surface area (Å²) in [5.74, 6) is -1.06. The quantitative estimate of drug-likeness (QED) is 0.610. The Balaban J connectivity index is 1.69. The van der Waals surface area contributed by atoms with Crippen LogP contribution in [0, 0.1) is 0 Å². The van der Waals surface area contributed by atoms with E-state index in [0.29, 0.717) is 18.7 Å². The van der Waals surface area contributed by atoms with Crippen molar-refractivity contribution in [2.45, 2.75) is 36.7 Å². The van der Waals surface area contributed by atoms with Gasteiger partial charge in [0.15, 0.2) is 0 Å². The maximum Gasteiger partial charge on any atom is 0.341 e. The summed E-state index contributed by atoms with van der Waals surface area (Å²) in [5.41, 5.74) is 7.75. The average molecular weight is 417 g/mol. The molecule has 1 fully saturated rings. The van der Waals surface area contributed by atoms with Crippen molar-refractivity contribution in [2.75, 3.05) is 11.9 Å². The van der Waals surface area contributed by atoms with Gasteiger partial charge in [-0.05, 0) is 61.7 Å². The first kappa shape index (κ1) is 21.0. The van der Waals surface area contributed by atoms with Crippen molar-refractivity contribution < 1.29 is 22.2 Å². The molecule has 0 aliphatic carbocycles. The van der Waals surface area contributed by atoms with E-state index in [4.69, 9.17) is 9.92 Å². The summed E-state index contributed by atoms with van der Waals surface area (Å²) in [6.07, 6.45) is 1.37. The molecule has 0 radical (unpaired) electrons. The van der Waals surface area contributed by atoms with Crippen molar-refractivity contribution in [1.82, 2.24) is 5.32 Å². The van der Waals surface area contributed by atoms with Gasteiger partial charge in [0.2, 0.25) is 5.91 Å². The van der Waals surface area contributed by atoms with Gasteiger partial charge in [-0.2, -0.15) is 8.42 Å². The van der Waals surface area contributed by atoms with Crippen molar-refractivity contribution in [3.05, 3.63) is 48.5 Å². The highest BCUT2D eigenvalue weighted by Gasteiger charge is 2.29. The smallest absolute Gasteiger partial charge is 0.341 e. The Hall–Kier alpha value is -2.75. The lowest BCUT2D eigenvalue weighted by atomic mass is 10.1. The van der Waals surface area contributed by atoms with Gasteiger partial charge in [0, 0.05) is 5.69 Å². The molecule has 2 aromatic carbocycles. The summed E-state index contributed by atoms with van der Waals surface area (Å²) in [5, 5.41) is 5.60. The zero-order valence-corrected chi connectivity index (χ0v) is 16.7. The minimum absolute atomic E-state index is 0.0894. The second-order valence-electron chi connectivity index (χ2n) is 6.89. The minimum atomic E-state index is -4.17. The van der Waals surface area contributed by atoms with Crippen molar-refractivity contribution in [1.29, 1.82) is 0 Å². The number of hydrogen-bond acceptors (Lipinski definition) is 7. The molecular formula is C20H23N3O5S. The average Bonchev–Trinajstić information content (AvgIpc) is 3.23. The summed E-state index contributed by atoms with van der Waals surface area (Å²) >= 11 is 0. The lowest BCUT2D eigenvalue weighted by Gasteiger charge is -2.11. The normalized spacial score (nSPS) is 17.5. The van der Waals surface area contributed by atoms with E-state index in [2.05, 4.69) is 10.6 Å². The Morgan fingerprint density at radius 1 is 1.10 bits per heavy atom. The van der Waals surface area contributed by atoms with E-state index >= 15 is 0 Å². The predicted octanol–water partition coefficient (Wildman–Crippen LogP) is 1.62. The van der Waals surface area contributed by atoms with Crippen LogP contribution in [0.2, 0.25) is 0 Å². The third-order valence-electron chi connectivity index (χ3n) is 4.58. The first-order valence-corrected chi connectivity index (χ1v) is 10.7. The highest BCUT2D eigenvalue weighted by Crippen LogP contribution is 2.24. The summed E-state index contributed by atoms with van der Waals surface area (Å²) in [6, 6.07) is 11.9. The molecule has 1 heterocycles. The number of rotatable bonds is 6. The topological polar surface area (TPSA) is 128 Å². The molecule has 1 unspecified atom stereocenters. The fourth-order valence-corrected chi connectivity index (χ4v) is 3.81. The van der Waals surface area contributed by atoms with Crippen LogP contribution in [0.25, 0.3) is 11.1 Å². The summed E-state index contributed by atoms with van der Waals surface area (Å²) < 4.78 is 29.4. The molecular weight excluding hydrogens is 394 g/mol. The predicted molar refractivity (Wildman–Crippen MR) is 108 cm³/mol. The second-order valence-corrected chi connectivity index (χ2v) is 8.43. The molecule has 0 saturated carbocycles. The van der Waals surface area contributed by atoms with E-state index in [1.165, 1.54) is 12.1 Å². The van der Waals surface area contributed by atoms with E-state index in [-0.39, 0.29) is 10.8 Å². The van der Waals surface area contributed by atoms with Gasteiger partial charge < -0.3 is 20.6 Å². The van der Waals surface area contributed by atoms with Crippen LogP contribution in [0.3, 0.4) is 0 Å². The largest absolute Gasteiger partial charge is 0.341 e. The maximum atomic E-state index is 12.3. The highest BCUT2D eigenvalue weighted by atomic mass is 32.2. The zero-order chi connectivity index (χ0) is 21.0. The molecule has 0 spiro atoms. The molecule has 1 aliphatic rings. The molecule has 1 amide bonds. The highest BCUT2D eigenvalue weighted by molar-refractivity contribution is 7.87. The Morgan fingerprint density at radius 3 is 2.21 bits per heavy atom. The third kappa shape index (κ3) is 5.20. The molecule has 3 rings (SSSR count). The number of amides is 1. The SMILES string of the molecule is C[C@@H](N)C(=O)Nc1ccc(-c2ccc(S(=O)(=O)OC(=O)C3CCCN3)cc2)cc1. The number of nitrogens with two attached hydrogens (primary N) is 1. The molecule has 154 valence electrons. The van der Waals surface area contributed by atoms with Gasteiger partial charge in [-0.3, -0.25) is 4.79 Å². The summed E-state index contributed by atoms with van der Waals surface area (Å²) in [6.45, 7) is 2.27. The van der Waals surface area contributed by atoms with Crippen LogP contribution in [0.15, 0.2) is 53.4 Å². The number of anilines is 1. The van der Waals surface area contributed by atoms with Crippen LogP contribution in [-0.2, 0) is 23.9 Å². The Labute approximate surface area is 169 Å². The first-order valence-electron chi connectivity index (χ1n) is 9.25. The van der Waals surface area contributed by atoms with Crippen molar-refractivity contribution in [2.24, 2.45) is 5.73 Å². The fourth-order valence-electron chi connectivity index (χ4n) is 2.92. The molecule has 0 bridgehead atoms. The molecule has 9 heteroatoms. The molecule has 0 aromatic heterocycles. The van der Waals surface area contributed by atoms with E-state index in [9.17, 15) is 18.0 Å². The number of nitrogens with one attached hydrogen (secondary N) is 2. The number of hydrogen-bond donors (Lipinski definition) is 3. The van der Waals surface area contributed by atoms with Gasteiger partial charge in [0.1, 0.15) is 10.9 Å². The van der Waals surface area contributed by atoms with Crippen LogP contribution in [0.1, 0.15) is 19.8 Å². The van der Waals surface area contributed by atoms with Gasteiger partial charge in [0.25, 0.3) is 0 Å². The Bertz CT molecular complexity index is 980. The zero-order valence-electron chi connectivity index (χ0n) is 15.9. The van der Waals surface area contributed by atoms with E-state index < -0.39 is 28.2 Å². The minimum Gasteiger partial charge on any atom is -0.341 e. The number of benzene rings is 2. The number of carbonyl (C=O) groups is 2. The molecule has 2 atom stereocenters. The maximum absolute atomic E-state index is 12.3. The monoisotopic (exact) mass is 417 g/mol. The fraction of sp³-hybridized carbons (Fsp3) is 0.300. The second kappa shape index (κ2) is 8.73. The van der Waals surface area contributed by atoms with Crippen molar-refractivity contribution >= 4 is 27.7 Å². The van der Waals surface area contributed by atoms with Gasteiger partial charge in [-0.25, -0.2) is 4.79 Å². The Kier molecular flexibility index (Phi) is 6.31. The van der Waals surface area contributed by atoms with Crippen LogP contribution in [-0.4, -0.2) is 38.9 Å². The molecule has 1 aliphatic heterocycles. The van der Waals surface area contributed by atoms with E-state index in [1.807, 2.05) is 0 Å². The van der Waals surface area contributed by atoms with Crippen LogP contribution >= 0.6 is 0 Å². The molecule has 1 saturated heterocycles. The van der Waals surface area contributed by atoms with Crippen LogP contribution in [0.4, 0.5) is 5.69 Å². The van der Waals surface area contributed by atoms with E-state index in [1.54, 1.807) is 43.3 Å². The Morgan fingerprint density at radius 2 is 1.69 bits per heavy atom. The van der Waals surface area contributed by atoms with Gasteiger partial charge >= 0.3 is 16.1 Å². The molecule has 8 nitrogen and oxygen atoms in total. The van der Waals surface area contributed by atoms with E-state index in [0.717, 1.165) is 17.5 Å². The van der Waals surface area contributed by atoms with Crippen molar-refractivity contribution in [3.8, 4) is 11.1 Å². The third-order valence-corrected chi connectivity index (χ3v) is 5.81. The molecule has 29 heavy (non-hydrogen) atoms. The standard InChI is InChI=1S/C20H23N3O5S/c1-13(21)19(24)23-16-8-4-14(5-9-16)15-6-10-17(11-7-15)29(26,27)28-20(25)18-3-2-12-22-18/h4-11,13,18,22H,2-3,12,21H2,1H3,(H,23,24)/t13-,18?/m1/s1. The van der Waals surface area contributed by atoms with Crippen LogP contribution in [0.5, 0.6) is 0 Å². The van der Waals surface area contributed by atoms with Crippen molar-refractivity contribution in [3.63, 3.8) is 0 Å². The van der Waals surface area contributed by atoms with Gasteiger partial charge in [0.05, 0.1) is 6.04 Å². The van der Waals surface area contributed by atoms with Crippen LogP contribution < -0.4 is 16.4 Å². The molecule has 4 N–H and O–H groups in total. The lowest BCUT2D eigenvalue weighted by molar-refractivity contribution is -0.135. The first-order chi connectivity index (χ1) is 13.8. The molecule has 2 aromatic rings. The van der Waals surface area contributed by atoms with Gasteiger partial charge in [-0.15, -0.1) is 0 Å². The summed E-state index contributed by atoms with van der Waals surface area (Å²) in [7, 11) is -4.17. The number of carbonyl (C=O) groups excluding carboxylic acids is 2. The summed E-state index contributed by atoms with van der Waals surface area (Å²) in [4.78, 5) is 23.5. The van der Waals surface area contributed by atoms with Gasteiger partial charge in [-0.1, -0.05) is 24.3 Å². The lowest BCUT2D eigenvalue weighted by Crippen LogP contribution is -2.33.